The second-order valence-corrected chi connectivity index (χ2v) is 6.12. The van der Waals surface area contributed by atoms with Crippen molar-refractivity contribution >= 4 is 5.91 Å². The van der Waals surface area contributed by atoms with Crippen LogP contribution in [-0.2, 0) is 19.6 Å². The number of nitrogens with one attached hydrogen (secondary N) is 1. The van der Waals surface area contributed by atoms with Crippen molar-refractivity contribution < 1.29 is 9.32 Å². The van der Waals surface area contributed by atoms with Gasteiger partial charge < -0.3 is 19.3 Å². The highest BCUT2D eigenvalue weighted by molar-refractivity contribution is 5.92. The van der Waals surface area contributed by atoms with Crippen molar-refractivity contribution in [1.29, 1.82) is 0 Å². The fourth-order valence-corrected chi connectivity index (χ4v) is 2.93. The third-order valence-corrected chi connectivity index (χ3v) is 4.26. The van der Waals surface area contributed by atoms with E-state index >= 15 is 0 Å². The molecule has 0 atom stereocenters. The predicted molar refractivity (Wildman–Crippen MR) is 91.7 cm³/mol. The van der Waals surface area contributed by atoms with Gasteiger partial charge in [-0.15, -0.1) is 0 Å². The van der Waals surface area contributed by atoms with E-state index in [0.29, 0.717) is 24.5 Å². The summed E-state index contributed by atoms with van der Waals surface area (Å²) in [6.45, 7) is 2.77. The third-order valence-electron chi connectivity index (χ3n) is 4.26. The Morgan fingerprint density at radius 3 is 3.00 bits per heavy atom. The molecule has 2 aromatic heterocycles. The molecule has 128 valence electrons. The van der Waals surface area contributed by atoms with Crippen LogP contribution in [-0.4, -0.2) is 39.1 Å². The number of imidazole rings is 1. The second kappa shape index (κ2) is 6.52. The Kier molecular flexibility index (Phi) is 4.07. The molecule has 0 spiro atoms. The Balaban J connectivity index is 1.46. The topological polar surface area (TPSA) is 76.2 Å². The average Bonchev–Trinajstić information content (AvgIpc) is 3.28. The van der Waals surface area contributed by atoms with E-state index in [-0.39, 0.29) is 5.91 Å². The van der Waals surface area contributed by atoms with Gasteiger partial charge in [0.05, 0.1) is 13.1 Å². The Bertz CT molecular complexity index is 861. The van der Waals surface area contributed by atoms with E-state index in [4.69, 9.17) is 4.52 Å². The zero-order valence-corrected chi connectivity index (χ0v) is 14.0. The van der Waals surface area contributed by atoms with Gasteiger partial charge in [0.2, 0.25) is 0 Å². The SMILES string of the molecule is CN(Cc1cc(-c2ccccc2)no1)C(=O)c1cn2c(n1)CNCC2. The largest absolute Gasteiger partial charge is 0.359 e. The molecule has 7 heteroatoms. The maximum Gasteiger partial charge on any atom is 0.274 e. The van der Waals surface area contributed by atoms with Crippen molar-refractivity contribution in [2.45, 2.75) is 19.6 Å². The lowest BCUT2D eigenvalue weighted by Crippen LogP contribution is -2.27. The number of hydrogen-bond acceptors (Lipinski definition) is 5. The molecule has 0 unspecified atom stereocenters. The Labute approximate surface area is 145 Å². The highest BCUT2D eigenvalue weighted by Crippen LogP contribution is 2.19. The van der Waals surface area contributed by atoms with Gasteiger partial charge in [-0.2, -0.15) is 0 Å². The van der Waals surface area contributed by atoms with Crippen LogP contribution < -0.4 is 5.32 Å². The quantitative estimate of drug-likeness (QED) is 0.787. The zero-order valence-electron chi connectivity index (χ0n) is 14.0. The number of hydrogen-bond donors (Lipinski definition) is 1. The first-order chi connectivity index (χ1) is 12.2. The van der Waals surface area contributed by atoms with E-state index < -0.39 is 0 Å². The van der Waals surface area contributed by atoms with E-state index in [1.165, 1.54) is 0 Å². The van der Waals surface area contributed by atoms with Crippen molar-refractivity contribution in [3.63, 3.8) is 0 Å². The van der Waals surface area contributed by atoms with E-state index in [1.807, 2.05) is 47.2 Å². The van der Waals surface area contributed by atoms with Crippen molar-refractivity contribution in [3.05, 3.63) is 59.9 Å². The number of fused-ring (bicyclic) bond motifs is 1. The molecule has 1 aliphatic rings. The summed E-state index contributed by atoms with van der Waals surface area (Å²) in [6, 6.07) is 11.7. The summed E-state index contributed by atoms with van der Waals surface area (Å²) in [5.74, 6) is 1.41. The van der Waals surface area contributed by atoms with E-state index in [9.17, 15) is 4.79 Å². The Morgan fingerprint density at radius 1 is 1.36 bits per heavy atom. The van der Waals surface area contributed by atoms with Gasteiger partial charge in [-0.05, 0) is 0 Å². The number of aromatic nitrogens is 3. The monoisotopic (exact) mass is 337 g/mol. The number of carbonyl (C=O) groups excluding carboxylic acids is 1. The van der Waals surface area contributed by atoms with Crippen LogP contribution in [0.4, 0.5) is 0 Å². The smallest absolute Gasteiger partial charge is 0.274 e. The van der Waals surface area contributed by atoms with Gasteiger partial charge in [0.25, 0.3) is 5.91 Å². The van der Waals surface area contributed by atoms with Crippen molar-refractivity contribution in [3.8, 4) is 11.3 Å². The molecular weight excluding hydrogens is 318 g/mol. The molecule has 25 heavy (non-hydrogen) atoms. The molecule has 7 nitrogen and oxygen atoms in total. The molecule has 3 aromatic rings. The van der Waals surface area contributed by atoms with E-state index in [2.05, 4.69) is 15.5 Å². The summed E-state index contributed by atoms with van der Waals surface area (Å²) >= 11 is 0. The van der Waals surface area contributed by atoms with Gasteiger partial charge in [-0.1, -0.05) is 35.5 Å². The maximum atomic E-state index is 12.6. The van der Waals surface area contributed by atoms with Gasteiger partial charge in [0.1, 0.15) is 17.2 Å². The van der Waals surface area contributed by atoms with Gasteiger partial charge in [0, 0.05) is 38.0 Å². The van der Waals surface area contributed by atoms with Crippen molar-refractivity contribution in [2.24, 2.45) is 0 Å². The van der Waals surface area contributed by atoms with Crippen molar-refractivity contribution in [1.82, 2.24) is 24.9 Å². The number of amides is 1. The summed E-state index contributed by atoms with van der Waals surface area (Å²) in [7, 11) is 1.74. The highest BCUT2D eigenvalue weighted by Gasteiger charge is 2.20. The van der Waals surface area contributed by atoms with E-state index in [1.54, 1.807) is 11.9 Å². The summed E-state index contributed by atoms with van der Waals surface area (Å²) in [4.78, 5) is 18.6. The van der Waals surface area contributed by atoms with Crippen LogP contribution in [0.25, 0.3) is 11.3 Å². The van der Waals surface area contributed by atoms with Gasteiger partial charge in [-0.25, -0.2) is 4.98 Å². The number of nitrogens with zero attached hydrogens (tertiary/aromatic N) is 4. The summed E-state index contributed by atoms with van der Waals surface area (Å²) in [5.41, 5.74) is 2.21. The first kappa shape index (κ1) is 15.6. The molecule has 0 aliphatic carbocycles. The fourth-order valence-electron chi connectivity index (χ4n) is 2.93. The fraction of sp³-hybridized carbons (Fsp3) is 0.278. The lowest BCUT2D eigenvalue weighted by molar-refractivity contribution is 0.0767. The zero-order chi connectivity index (χ0) is 17.2. The number of carbonyl (C=O) groups is 1. The number of benzene rings is 1. The first-order valence-corrected chi connectivity index (χ1v) is 8.24. The molecule has 1 aliphatic heterocycles. The van der Waals surface area contributed by atoms with Crippen LogP contribution in [0.1, 0.15) is 22.1 Å². The molecule has 0 bridgehead atoms. The summed E-state index contributed by atoms with van der Waals surface area (Å²) in [5, 5.41) is 7.33. The molecule has 0 saturated carbocycles. The molecule has 1 amide bonds. The van der Waals surface area contributed by atoms with Crippen LogP contribution in [0.15, 0.2) is 47.1 Å². The second-order valence-electron chi connectivity index (χ2n) is 6.12. The highest BCUT2D eigenvalue weighted by atomic mass is 16.5. The third kappa shape index (κ3) is 3.18. The Hall–Kier alpha value is -2.93. The maximum absolute atomic E-state index is 12.6. The average molecular weight is 337 g/mol. The standard InChI is InChI=1S/C18H19N5O2/c1-22(18(24)16-12-23-8-7-19-10-17(23)20-16)11-14-9-15(21-25-14)13-5-3-2-4-6-13/h2-6,9,12,19H,7-8,10-11H2,1H3. The van der Waals surface area contributed by atoms with Crippen molar-refractivity contribution in [2.75, 3.05) is 13.6 Å². The molecule has 3 heterocycles. The molecular formula is C18H19N5O2. The molecule has 4 rings (SSSR count). The van der Waals surface area contributed by atoms with Crippen LogP contribution >= 0.6 is 0 Å². The molecule has 1 aromatic carbocycles. The normalized spacial score (nSPS) is 13.5. The first-order valence-electron chi connectivity index (χ1n) is 8.24. The van der Waals surface area contributed by atoms with Crippen LogP contribution in [0, 0.1) is 0 Å². The minimum absolute atomic E-state index is 0.125. The molecule has 0 saturated heterocycles. The lowest BCUT2D eigenvalue weighted by Gasteiger charge is -2.13. The van der Waals surface area contributed by atoms with Gasteiger partial charge in [-0.3, -0.25) is 4.79 Å². The summed E-state index contributed by atoms with van der Waals surface area (Å²) < 4.78 is 7.40. The number of rotatable bonds is 4. The Morgan fingerprint density at radius 2 is 2.20 bits per heavy atom. The van der Waals surface area contributed by atoms with Crippen LogP contribution in [0.5, 0.6) is 0 Å². The molecule has 1 N–H and O–H groups in total. The summed E-state index contributed by atoms with van der Waals surface area (Å²) in [6.07, 6.45) is 1.82. The van der Waals surface area contributed by atoms with Crippen LogP contribution in [0.2, 0.25) is 0 Å². The van der Waals surface area contributed by atoms with Gasteiger partial charge >= 0.3 is 0 Å². The lowest BCUT2D eigenvalue weighted by atomic mass is 10.1. The minimum atomic E-state index is -0.125. The van der Waals surface area contributed by atoms with Crippen LogP contribution in [0.3, 0.4) is 0 Å². The van der Waals surface area contributed by atoms with E-state index in [0.717, 1.165) is 30.2 Å². The van der Waals surface area contributed by atoms with Gasteiger partial charge in [0.15, 0.2) is 5.76 Å². The predicted octanol–water partition coefficient (Wildman–Crippen LogP) is 1.91. The minimum Gasteiger partial charge on any atom is -0.359 e. The molecule has 0 fully saturated rings. The molecule has 0 radical (unpaired) electrons.